The molecule has 140 valence electrons. The van der Waals surface area contributed by atoms with Crippen molar-refractivity contribution in [2.75, 3.05) is 11.9 Å². The van der Waals surface area contributed by atoms with Crippen LogP contribution in [0.25, 0.3) is 6.08 Å². The molecule has 6 nitrogen and oxygen atoms in total. The first-order valence-corrected chi connectivity index (χ1v) is 8.29. The summed E-state index contributed by atoms with van der Waals surface area (Å²) in [4.78, 5) is 34.7. The zero-order valence-electron chi connectivity index (χ0n) is 13.7. The maximum Gasteiger partial charge on any atom is 0.331 e. The van der Waals surface area contributed by atoms with E-state index in [4.69, 9.17) is 0 Å². The second kappa shape index (κ2) is 9.58. The maximum atomic E-state index is 13.5. The topological polar surface area (TPSA) is 84.5 Å². The van der Waals surface area contributed by atoms with Gasteiger partial charge in [-0.25, -0.2) is 18.4 Å². The van der Waals surface area contributed by atoms with E-state index in [2.05, 4.69) is 26.0 Å². The number of nitrogens with one attached hydrogen (secondary N) is 2. The zero-order chi connectivity index (χ0) is 19.8. The van der Waals surface area contributed by atoms with E-state index in [0.29, 0.717) is 4.47 Å². The monoisotopic (exact) mass is 438 g/mol. The SMILES string of the molecule is O=C(COC(=O)/C=C/c1cc(Br)ccc1F)NC(=O)Nc1ccccc1F. The lowest BCUT2D eigenvalue weighted by molar-refractivity contribution is -0.143. The number of anilines is 1. The fourth-order valence-electron chi connectivity index (χ4n) is 1.86. The second-order valence-corrected chi connectivity index (χ2v) is 6.00. The molecule has 0 aromatic heterocycles. The number of ether oxygens (including phenoxy) is 1. The molecule has 0 saturated carbocycles. The largest absolute Gasteiger partial charge is 0.452 e. The minimum Gasteiger partial charge on any atom is -0.452 e. The Morgan fingerprint density at radius 3 is 2.56 bits per heavy atom. The van der Waals surface area contributed by atoms with E-state index in [1.807, 2.05) is 5.32 Å². The van der Waals surface area contributed by atoms with Crippen molar-refractivity contribution in [3.63, 3.8) is 0 Å². The number of carbonyl (C=O) groups excluding carboxylic acids is 3. The summed E-state index contributed by atoms with van der Waals surface area (Å²) < 4.78 is 32.2. The third-order valence-electron chi connectivity index (χ3n) is 3.08. The van der Waals surface area contributed by atoms with Gasteiger partial charge in [0.1, 0.15) is 11.6 Å². The Balaban J connectivity index is 1.80. The Bertz CT molecular complexity index is 903. The van der Waals surface area contributed by atoms with Crippen LogP contribution in [0.1, 0.15) is 5.56 Å². The van der Waals surface area contributed by atoms with Crippen LogP contribution in [0.2, 0.25) is 0 Å². The highest BCUT2D eigenvalue weighted by Gasteiger charge is 2.11. The Labute approximate surface area is 161 Å². The number of halogens is 3. The van der Waals surface area contributed by atoms with Gasteiger partial charge in [0.15, 0.2) is 6.61 Å². The van der Waals surface area contributed by atoms with Crippen LogP contribution in [-0.4, -0.2) is 24.5 Å². The summed E-state index contributed by atoms with van der Waals surface area (Å²) in [5, 5.41) is 4.02. The van der Waals surface area contributed by atoms with Crippen molar-refractivity contribution in [3.05, 3.63) is 70.2 Å². The molecule has 0 aliphatic carbocycles. The lowest BCUT2D eigenvalue weighted by Gasteiger charge is -2.07. The minimum absolute atomic E-state index is 0.112. The molecule has 3 amide bonds. The third-order valence-corrected chi connectivity index (χ3v) is 3.57. The molecule has 0 spiro atoms. The maximum absolute atomic E-state index is 13.5. The lowest BCUT2D eigenvalue weighted by Crippen LogP contribution is -2.37. The quantitative estimate of drug-likeness (QED) is 0.551. The van der Waals surface area contributed by atoms with Crippen LogP contribution in [0.5, 0.6) is 0 Å². The Kier molecular flexibility index (Phi) is 7.18. The highest BCUT2D eigenvalue weighted by Crippen LogP contribution is 2.16. The zero-order valence-corrected chi connectivity index (χ0v) is 15.3. The standard InChI is InChI=1S/C18H13BrF2N2O4/c19-12-6-7-13(20)11(9-12)5-8-17(25)27-10-16(24)23-18(26)22-15-4-2-1-3-14(15)21/h1-9H,10H2,(H2,22,23,24,26)/b8-5+. The summed E-state index contributed by atoms with van der Waals surface area (Å²) in [6.07, 6.45) is 2.13. The molecule has 0 unspecified atom stereocenters. The van der Waals surface area contributed by atoms with Crippen LogP contribution >= 0.6 is 15.9 Å². The number of rotatable bonds is 5. The van der Waals surface area contributed by atoms with Gasteiger partial charge in [0.25, 0.3) is 5.91 Å². The third kappa shape index (κ3) is 6.63. The smallest absolute Gasteiger partial charge is 0.331 e. The molecule has 0 heterocycles. The van der Waals surface area contributed by atoms with E-state index in [0.717, 1.165) is 12.1 Å². The molecular weight excluding hydrogens is 426 g/mol. The van der Waals surface area contributed by atoms with Crippen molar-refractivity contribution in [2.24, 2.45) is 0 Å². The molecule has 0 saturated heterocycles. The molecular formula is C18H13BrF2N2O4. The highest BCUT2D eigenvalue weighted by atomic mass is 79.9. The lowest BCUT2D eigenvalue weighted by atomic mass is 10.2. The number of urea groups is 1. The van der Waals surface area contributed by atoms with E-state index in [9.17, 15) is 23.2 Å². The van der Waals surface area contributed by atoms with E-state index in [1.165, 1.54) is 42.5 Å². The summed E-state index contributed by atoms with van der Waals surface area (Å²) in [6, 6.07) is 8.59. The molecule has 0 fully saturated rings. The van der Waals surface area contributed by atoms with Crippen LogP contribution in [0.3, 0.4) is 0 Å². The van der Waals surface area contributed by atoms with Crippen molar-refractivity contribution in [1.82, 2.24) is 5.32 Å². The molecule has 2 aromatic rings. The molecule has 2 aromatic carbocycles. The first-order valence-electron chi connectivity index (χ1n) is 7.50. The van der Waals surface area contributed by atoms with Crippen molar-refractivity contribution in [1.29, 1.82) is 0 Å². The van der Waals surface area contributed by atoms with E-state index >= 15 is 0 Å². The van der Waals surface area contributed by atoms with Crippen LogP contribution in [0, 0.1) is 11.6 Å². The molecule has 0 bridgehead atoms. The van der Waals surface area contributed by atoms with Gasteiger partial charge in [0.05, 0.1) is 5.69 Å². The average Bonchev–Trinajstić information content (AvgIpc) is 2.62. The van der Waals surface area contributed by atoms with Crippen molar-refractivity contribution < 1.29 is 27.9 Å². The molecule has 27 heavy (non-hydrogen) atoms. The Morgan fingerprint density at radius 1 is 1.07 bits per heavy atom. The number of para-hydroxylation sites is 1. The summed E-state index contributed by atoms with van der Waals surface area (Å²) in [6.45, 7) is -0.741. The van der Waals surface area contributed by atoms with Gasteiger partial charge in [-0.15, -0.1) is 0 Å². The molecule has 0 aliphatic rings. The summed E-state index contributed by atoms with van der Waals surface area (Å²) in [7, 11) is 0. The van der Waals surface area contributed by atoms with Crippen LogP contribution in [0.15, 0.2) is 53.0 Å². The summed E-state index contributed by atoms with van der Waals surface area (Å²) in [5.74, 6) is -3.03. The highest BCUT2D eigenvalue weighted by molar-refractivity contribution is 9.10. The number of carbonyl (C=O) groups is 3. The molecule has 0 aliphatic heterocycles. The number of hydrogen-bond donors (Lipinski definition) is 2. The fourth-order valence-corrected chi connectivity index (χ4v) is 2.24. The second-order valence-electron chi connectivity index (χ2n) is 5.09. The Hall–Kier alpha value is -3.07. The van der Waals surface area contributed by atoms with Crippen LogP contribution < -0.4 is 10.6 Å². The first-order chi connectivity index (χ1) is 12.8. The van der Waals surface area contributed by atoms with Crippen molar-refractivity contribution >= 4 is 45.6 Å². The average molecular weight is 439 g/mol. The molecule has 2 N–H and O–H groups in total. The van der Waals surface area contributed by atoms with Gasteiger partial charge in [0, 0.05) is 16.1 Å². The van der Waals surface area contributed by atoms with Crippen LogP contribution in [-0.2, 0) is 14.3 Å². The van der Waals surface area contributed by atoms with Crippen molar-refractivity contribution in [2.45, 2.75) is 0 Å². The van der Waals surface area contributed by atoms with Gasteiger partial charge in [-0.05, 0) is 36.4 Å². The number of hydrogen-bond acceptors (Lipinski definition) is 4. The summed E-state index contributed by atoms with van der Waals surface area (Å²) in [5.41, 5.74) is 0.0359. The summed E-state index contributed by atoms with van der Waals surface area (Å²) >= 11 is 3.17. The van der Waals surface area contributed by atoms with E-state index in [-0.39, 0.29) is 11.3 Å². The number of benzene rings is 2. The molecule has 9 heteroatoms. The normalized spacial score (nSPS) is 10.5. The van der Waals surface area contributed by atoms with E-state index < -0.39 is 36.1 Å². The number of amides is 3. The van der Waals surface area contributed by atoms with Crippen molar-refractivity contribution in [3.8, 4) is 0 Å². The number of imide groups is 1. The van der Waals surface area contributed by atoms with Gasteiger partial charge >= 0.3 is 12.0 Å². The van der Waals surface area contributed by atoms with Gasteiger partial charge in [-0.2, -0.15) is 0 Å². The minimum atomic E-state index is -0.979. The predicted octanol–water partition coefficient (Wildman–Crippen LogP) is 3.63. The number of esters is 1. The first kappa shape index (κ1) is 20.2. The van der Waals surface area contributed by atoms with Gasteiger partial charge in [-0.3, -0.25) is 10.1 Å². The van der Waals surface area contributed by atoms with E-state index in [1.54, 1.807) is 0 Å². The van der Waals surface area contributed by atoms with Crippen LogP contribution in [0.4, 0.5) is 19.3 Å². The predicted molar refractivity (Wildman–Crippen MR) is 97.7 cm³/mol. The molecule has 0 radical (unpaired) electrons. The molecule has 0 atom stereocenters. The van der Waals surface area contributed by atoms with Gasteiger partial charge in [0.2, 0.25) is 0 Å². The fraction of sp³-hybridized carbons (Fsp3) is 0.0556. The van der Waals surface area contributed by atoms with Gasteiger partial charge < -0.3 is 10.1 Å². The Morgan fingerprint density at radius 2 is 1.81 bits per heavy atom. The van der Waals surface area contributed by atoms with Gasteiger partial charge in [-0.1, -0.05) is 28.1 Å². The molecule has 2 rings (SSSR count).